The maximum Gasteiger partial charge on any atom is 0.122 e. The Hall–Kier alpha value is -2.58. The van der Waals surface area contributed by atoms with E-state index in [0.717, 1.165) is 78.4 Å². The van der Waals surface area contributed by atoms with Crippen molar-refractivity contribution in [3.63, 3.8) is 0 Å². The van der Waals surface area contributed by atoms with E-state index in [1.165, 1.54) is 16.7 Å². The van der Waals surface area contributed by atoms with E-state index in [1.807, 2.05) is 34.6 Å². The van der Waals surface area contributed by atoms with Crippen LogP contribution in [0.5, 0.6) is 17.2 Å². The summed E-state index contributed by atoms with van der Waals surface area (Å²) in [5.74, 6) is 2.86. The first-order valence-electron chi connectivity index (χ1n) is 17.6. The van der Waals surface area contributed by atoms with E-state index in [1.54, 1.807) is 0 Å². The van der Waals surface area contributed by atoms with E-state index in [0.29, 0.717) is 38.1 Å². The van der Waals surface area contributed by atoms with E-state index in [-0.39, 0.29) is 5.92 Å². The molecule has 0 spiro atoms. The molecular weight excluding hydrogens is 656 g/mol. The average molecular weight is 714 g/mol. The first-order chi connectivity index (χ1) is 22.9. The fourth-order valence-electron chi connectivity index (χ4n) is 5.22. The van der Waals surface area contributed by atoms with Gasteiger partial charge >= 0.3 is 0 Å². The van der Waals surface area contributed by atoms with Crippen LogP contribution < -0.4 is 14.2 Å². The third-order valence-corrected chi connectivity index (χ3v) is 7.90. The van der Waals surface area contributed by atoms with Crippen LogP contribution in [-0.2, 0) is 14.2 Å². The minimum atomic E-state index is 0.0628. The van der Waals surface area contributed by atoms with Crippen molar-refractivity contribution < 1.29 is 28.4 Å². The zero-order valence-electron chi connectivity index (χ0n) is 29.9. The zero-order chi connectivity index (χ0) is 34.2. The molecule has 6 rings (SSSR count). The summed E-state index contributed by atoms with van der Waals surface area (Å²) in [5, 5.41) is 1.06. The molecular formula is C40H57BrO6. The zero-order valence-corrected chi connectivity index (χ0v) is 31.5. The van der Waals surface area contributed by atoms with Crippen LogP contribution in [-0.4, -0.2) is 63.3 Å². The predicted octanol–water partition coefficient (Wildman–Crippen LogP) is 9.75. The van der Waals surface area contributed by atoms with Gasteiger partial charge in [-0.1, -0.05) is 86.9 Å². The monoisotopic (exact) mass is 712 g/mol. The molecule has 6 nitrogen and oxygen atoms in total. The van der Waals surface area contributed by atoms with Gasteiger partial charge in [-0.05, 0) is 72.4 Å². The number of hydrogen-bond donors (Lipinski definition) is 0. The highest BCUT2D eigenvalue weighted by Crippen LogP contribution is 2.38. The minimum Gasteiger partial charge on any atom is -0.493 e. The number of epoxide rings is 3. The van der Waals surface area contributed by atoms with Crippen LogP contribution >= 0.6 is 15.9 Å². The van der Waals surface area contributed by atoms with Crippen LogP contribution in [0.15, 0.2) is 54.6 Å². The molecule has 0 aliphatic carbocycles. The molecule has 3 aliphatic rings. The highest BCUT2D eigenvalue weighted by Gasteiger charge is 2.25. The summed E-state index contributed by atoms with van der Waals surface area (Å²) in [4.78, 5) is 0. The standard InChI is InChI=1S/C34H40O6.C2H5Br.2C2H6/c1-22-16-25(4-7-31(22)35-13-10-28-19-38-28)34(26-5-8-32(23(2)17-26)36-14-11-29-20-39-29)27-6-9-33(24(3)18-27)37-15-12-30-21-40-30;1-2-3;2*1-2/h4-9,16-18,28-30,34H,10-15,19-21H2,1-3H3;2H2,1H3;2*1-2H3. The number of rotatable bonds is 15. The van der Waals surface area contributed by atoms with Crippen LogP contribution in [0.25, 0.3) is 0 Å². The van der Waals surface area contributed by atoms with Gasteiger partial charge in [0, 0.05) is 30.5 Å². The number of hydrogen-bond acceptors (Lipinski definition) is 6. The summed E-state index contributed by atoms with van der Waals surface area (Å²) in [6.45, 7) is 21.0. The maximum atomic E-state index is 6.09. The molecule has 3 fully saturated rings. The van der Waals surface area contributed by atoms with Crippen molar-refractivity contribution in [3.8, 4) is 17.2 Å². The first kappa shape index (κ1) is 38.9. The van der Waals surface area contributed by atoms with Gasteiger partial charge in [0.15, 0.2) is 0 Å². The molecule has 3 heterocycles. The summed E-state index contributed by atoms with van der Waals surface area (Å²) in [5.41, 5.74) is 7.10. The van der Waals surface area contributed by atoms with Gasteiger partial charge in [-0.2, -0.15) is 0 Å². The van der Waals surface area contributed by atoms with Gasteiger partial charge in [0.05, 0.1) is 58.0 Å². The lowest BCUT2D eigenvalue weighted by Gasteiger charge is -2.23. The summed E-state index contributed by atoms with van der Waals surface area (Å²) in [6.07, 6.45) is 3.93. The van der Waals surface area contributed by atoms with Crippen molar-refractivity contribution in [1.82, 2.24) is 0 Å². The molecule has 3 atom stereocenters. The Labute approximate surface area is 292 Å². The van der Waals surface area contributed by atoms with Gasteiger partial charge in [-0.3, -0.25) is 0 Å². The largest absolute Gasteiger partial charge is 0.493 e. The molecule has 0 saturated carbocycles. The van der Waals surface area contributed by atoms with Crippen molar-refractivity contribution >= 4 is 15.9 Å². The number of alkyl halides is 1. The fourth-order valence-corrected chi connectivity index (χ4v) is 5.22. The second kappa shape index (κ2) is 20.7. The topological polar surface area (TPSA) is 65.3 Å². The second-order valence-corrected chi connectivity index (χ2v) is 12.7. The molecule has 0 radical (unpaired) electrons. The molecule has 0 bridgehead atoms. The Balaban J connectivity index is 0.000000799. The van der Waals surface area contributed by atoms with Gasteiger partial charge < -0.3 is 28.4 Å². The van der Waals surface area contributed by atoms with E-state index < -0.39 is 0 Å². The van der Waals surface area contributed by atoms with Crippen molar-refractivity contribution in [3.05, 3.63) is 88.0 Å². The van der Waals surface area contributed by atoms with Gasteiger partial charge in [-0.15, -0.1) is 0 Å². The van der Waals surface area contributed by atoms with Crippen molar-refractivity contribution in [2.45, 2.75) is 98.9 Å². The number of benzene rings is 3. The molecule has 0 N–H and O–H groups in total. The van der Waals surface area contributed by atoms with Crippen LogP contribution in [0.2, 0.25) is 0 Å². The predicted molar refractivity (Wildman–Crippen MR) is 196 cm³/mol. The first-order valence-corrected chi connectivity index (χ1v) is 18.7. The van der Waals surface area contributed by atoms with Crippen LogP contribution in [0, 0.1) is 20.8 Å². The highest BCUT2D eigenvalue weighted by molar-refractivity contribution is 9.09. The molecule has 3 unspecified atom stereocenters. The molecule has 0 aromatic heterocycles. The van der Waals surface area contributed by atoms with Gasteiger partial charge in [0.1, 0.15) is 17.2 Å². The summed E-state index contributed by atoms with van der Waals surface area (Å²) < 4.78 is 34.2. The van der Waals surface area contributed by atoms with Crippen molar-refractivity contribution in [2.24, 2.45) is 0 Å². The summed E-state index contributed by atoms with van der Waals surface area (Å²) in [6, 6.07) is 19.7. The van der Waals surface area contributed by atoms with E-state index in [4.69, 9.17) is 28.4 Å². The Morgan fingerprint density at radius 1 is 0.574 bits per heavy atom. The van der Waals surface area contributed by atoms with Crippen LogP contribution in [0.4, 0.5) is 0 Å². The number of ether oxygens (including phenoxy) is 6. The molecule has 260 valence electrons. The van der Waals surface area contributed by atoms with E-state index >= 15 is 0 Å². The van der Waals surface area contributed by atoms with E-state index in [9.17, 15) is 0 Å². The lowest BCUT2D eigenvalue weighted by molar-refractivity contribution is 0.281. The molecule has 3 aromatic rings. The number of halogens is 1. The Morgan fingerprint density at radius 3 is 1.04 bits per heavy atom. The quantitative estimate of drug-likeness (QED) is 0.0888. The Kier molecular flexibility index (Phi) is 17.1. The third kappa shape index (κ3) is 13.1. The van der Waals surface area contributed by atoms with Crippen LogP contribution in [0.1, 0.15) is 93.2 Å². The molecule has 7 heteroatoms. The van der Waals surface area contributed by atoms with Gasteiger partial charge in [-0.25, -0.2) is 0 Å². The van der Waals surface area contributed by atoms with Gasteiger partial charge in [0.25, 0.3) is 0 Å². The lowest BCUT2D eigenvalue weighted by Crippen LogP contribution is -2.08. The van der Waals surface area contributed by atoms with E-state index in [2.05, 4.69) is 91.3 Å². The van der Waals surface area contributed by atoms with Gasteiger partial charge in [0.2, 0.25) is 0 Å². The Bertz CT molecular complexity index is 1170. The fraction of sp³-hybridized carbons (Fsp3) is 0.550. The van der Waals surface area contributed by atoms with Crippen LogP contribution in [0.3, 0.4) is 0 Å². The smallest absolute Gasteiger partial charge is 0.122 e. The summed E-state index contributed by atoms with van der Waals surface area (Å²) in [7, 11) is 0. The molecule has 3 aromatic carbocycles. The normalized spacial score (nSPS) is 19.0. The SMILES string of the molecule is CC.CC.CCBr.Cc1cc(C(c2ccc(OCCC3CO3)c(C)c2)c2ccc(OCCC3CO3)c(C)c2)ccc1OCCC1CO1. The molecule has 3 saturated heterocycles. The average Bonchev–Trinajstić information content (AvgIpc) is 3.91. The third-order valence-electron chi connectivity index (χ3n) is 7.90. The second-order valence-electron chi connectivity index (χ2n) is 11.6. The summed E-state index contributed by atoms with van der Waals surface area (Å²) >= 11 is 3.15. The molecule has 3 aliphatic heterocycles. The highest BCUT2D eigenvalue weighted by atomic mass is 79.9. The lowest BCUT2D eigenvalue weighted by atomic mass is 9.83. The minimum absolute atomic E-state index is 0.0628. The van der Waals surface area contributed by atoms with Crippen molar-refractivity contribution in [2.75, 3.05) is 45.0 Å². The Morgan fingerprint density at radius 2 is 0.830 bits per heavy atom. The van der Waals surface area contributed by atoms with Crippen molar-refractivity contribution in [1.29, 1.82) is 0 Å². The molecule has 47 heavy (non-hydrogen) atoms. The molecule has 0 amide bonds. The maximum absolute atomic E-state index is 6.09. The number of aryl methyl sites for hydroxylation is 3.